The lowest BCUT2D eigenvalue weighted by Gasteiger charge is -2.30. The summed E-state index contributed by atoms with van der Waals surface area (Å²) in [4.78, 5) is 40.1. The summed E-state index contributed by atoms with van der Waals surface area (Å²) in [6, 6.07) is -1.66. The Bertz CT molecular complexity index is 1040. The number of nitrogens with zero attached hydrogens (tertiary/aromatic N) is 5. The van der Waals surface area contributed by atoms with E-state index in [0.717, 1.165) is 0 Å². The first-order valence-corrected chi connectivity index (χ1v) is 11.5. The average Bonchev–Trinajstić information content (AvgIpc) is 3.38. The zero-order valence-electron chi connectivity index (χ0n) is 21.7. The van der Waals surface area contributed by atoms with Crippen molar-refractivity contribution in [1.82, 2.24) is 30.4 Å². The van der Waals surface area contributed by atoms with E-state index in [1.165, 1.54) is 24.1 Å². The highest BCUT2D eigenvalue weighted by atomic mass is 16.6. The topological polar surface area (TPSA) is 177 Å². The van der Waals surface area contributed by atoms with Gasteiger partial charge in [0.1, 0.15) is 36.7 Å². The third-order valence-electron chi connectivity index (χ3n) is 4.91. The molecule has 2 atom stereocenters. The monoisotopic (exact) mass is 509 g/mol. The Morgan fingerprint density at radius 2 is 1.89 bits per heavy atom. The minimum Gasteiger partial charge on any atom is -0.444 e. The van der Waals surface area contributed by atoms with Crippen molar-refractivity contribution < 1.29 is 28.4 Å². The lowest BCUT2D eigenvalue weighted by Crippen LogP contribution is -2.50. The van der Waals surface area contributed by atoms with Gasteiger partial charge in [-0.2, -0.15) is 0 Å². The number of hydrogen-bond donors (Lipinski definition) is 2. The van der Waals surface area contributed by atoms with E-state index in [1.807, 2.05) is 20.8 Å². The second-order valence-electron chi connectivity index (χ2n) is 10.3. The highest BCUT2D eigenvalue weighted by Crippen LogP contribution is 2.32. The Morgan fingerprint density at radius 3 is 2.47 bits per heavy atom. The Balaban J connectivity index is 2.19. The molecule has 2 aromatic rings. The van der Waals surface area contributed by atoms with Gasteiger partial charge in [-0.1, -0.05) is 25.8 Å². The number of rotatable bonds is 11. The number of ether oxygens (including phenoxy) is 2. The molecule has 14 heteroatoms. The second-order valence-corrected chi connectivity index (χ2v) is 10.3. The zero-order chi connectivity index (χ0) is 27.1. The molecule has 0 saturated carbocycles. The van der Waals surface area contributed by atoms with Crippen LogP contribution in [0.25, 0.3) is 0 Å². The third-order valence-corrected chi connectivity index (χ3v) is 4.91. The van der Waals surface area contributed by atoms with E-state index in [9.17, 15) is 19.7 Å². The van der Waals surface area contributed by atoms with Crippen LogP contribution in [0, 0.1) is 15.5 Å². The molecule has 0 saturated heterocycles. The maximum Gasteiger partial charge on any atom is 0.434 e. The van der Waals surface area contributed by atoms with Crippen molar-refractivity contribution in [1.29, 1.82) is 0 Å². The normalized spacial score (nSPS) is 13.6. The van der Waals surface area contributed by atoms with Gasteiger partial charge >= 0.3 is 12.0 Å². The molecule has 36 heavy (non-hydrogen) atoms. The Labute approximate surface area is 209 Å². The maximum absolute atomic E-state index is 13.4. The summed E-state index contributed by atoms with van der Waals surface area (Å²) in [5.74, 6) is -0.325. The minimum absolute atomic E-state index is 0.126. The number of aromatic nitrogens is 4. The van der Waals surface area contributed by atoms with E-state index >= 15 is 0 Å². The van der Waals surface area contributed by atoms with Gasteiger partial charge in [0.2, 0.25) is 17.7 Å². The molecule has 0 bridgehead atoms. The predicted molar refractivity (Wildman–Crippen MR) is 127 cm³/mol. The minimum atomic E-state index is -0.992. The van der Waals surface area contributed by atoms with Gasteiger partial charge in [0.05, 0.1) is 6.54 Å². The van der Waals surface area contributed by atoms with Gasteiger partial charge in [-0.05, 0) is 44.0 Å². The molecule has 2 rings (SSSR count). The molecule has 0 unspecified atom stereocenters. The number of carbonyl (C=O) groups excluding carboxylic acids is 2. The number of nitrogens with one attached hydrogen (secondary N) is 2. The van der Waals surface area contributed by atoms with Crippen LogP contribution in [0.5, 0.6) is 0 Å². The van der Waals surface area contributed by atoms with Gasteiger partial charge in [-0.3, -0.25) is 4.79 Å². The Hall–Kier alpha value is -3.55. The van der Waals surface area contributed by atoms with Crippen molar-refractivity contribution in [3.63, 3.8) is 0 Å². The number of aryl methyl sites for hydroxylation is 1. The fraction of sp³-hybridized carbons (Fsp3) is 0.682. The van der Waals surface area contributed by atoms with E-state index in [0.29, 0.717) is 6.42 Å². The van der Waals surface area contributed by atoms with Gasteiger partial charge in [0, 0.05) is 7.11 Å². The van der Waals surface area contributed by atoms with Crippen LogP contribution >= 0.6 is 0 Å². The summed E-state index contributed by atoms with van der Waals surface area (Å²) >= 11 is 0. The Kier molecular flexibility index (Phi) is 9.50. The van der Waals surface area contributed by atoms with Crippen LogP contribution in [0.2, 0.25) is 0 Å². The second kappa shape index (κ2) is 11.9. The standard InChI is InChI=1S/C22H35N7O7/c1-21(2,3)16(18-27-26-15(35-18)13-34-7)25-17(30)14(24-20(31)36-22(4,5)6)9-8-11-28-12-10-23-19(28)29(32)33/h10,12,14,16H,8-9,11,13H2,1-7H3,(H,24,31)(H,25,30)/t14-,16+/m0/s1. The number of hydrogen-bond acceptors (Lipinski definition) is 10. The molecule has 0 aliphatic rings. The van der Waals surface area contributed by atoms with Crippen molar-refractivity contribution in [2.75, 3.05) is 7.11 Å². The van der Waals surface area contributed by atoms with Crippen LogP contribution in [-0.4, -0.2) is 55.4 Å². The molecule has 14 nitrogen and oxygen atoms in total. The molecular weight excluding hydrogens is 474 g/mol. The van der Waals surface area contributed by atoms with Gasteiger partial charge in [-0.25, -0.2) is 9.36 Å². The van der Waals surface area contributed by atoms with Crippen LogP contribution in [0.3, 0.4) is 0 Å². The Morgan fingerprint density at radius 1 is 1.19 bits per heavy atom. The highest BCUT2D eigenvalue weighted by molar-refractivity contribution is 5.86. The fourth-order valence-corrected chi connectivity index (χ4v) is 3.29. The first kappa shape index (κ1) is 28.7. The van der Waals surface area contributed by atoms with Gasteiger partial charge in [0.15, 0.2) is 0 Å². The zero-order valence-corrected chi connectivity index (χ0v) is 21.7. The van der Waals surface area contributed by atoms with Crippen molar-refractivity contribution in [2.45, 2.75) is 85.2 Å². The predicted octanol–water partition coefficient (Wildman–Crippen LogP) is 2.90. The number of amides is 2. The van der Waals surface area contributed by atoms with E-state index in [-0.39, 0.29) is 37.3 Å². The number of carbonyl (C=O) groups is 2. The van der Waals surface area contributed by atoms with Crippen LogP contribution in [0.1, 0.15) is 72.2 Å². The first-order valence-electron chi connectivity index (χ1n) is 11.5. The fourth-order valence-electron chi connectivity index (χ4n) is 3.29. The summed E-state index contributed by atoms with van der Waals surface area (Å²) < 4.78 is 17.4. The van der Waals surface area contributed by atoms with Crippen molar-refractivity contribution in [3.05, 3.63) is 34.3 Å². The molecule has 2 amide bonds. The first-order chi connectivity index (χ1) is 16.7. The number of nitro groups is 1. The van der Waals surface area contributed by atoms with Gasteiger partial charge in [-0.15, -0.1) is 10.2 Å². The largest absolute Gasteiger partial charge is 0.444 e. The van der Waals surface area contributed by atoms with Crippen LogP contribution in [-0.2, 0) is 27.4 Å². The molecule has 2 heterocycles. The molecule has 2 N–H and O–H groups in total. The van der Waals surface area contributed by atoms with E-state index in [4.69, 9.17) is 13.9 Å². The molecule has 0 aromatic carbocycles. The van der Waals surface area contributed by atoms with Crippen molar-refractivity contribution in [3.8, 4) is 0 Å². The van der Waals surface area contributed by atoms with Crippen LogP contribution < -0.4 is 10.6 Å². The van der Waals surface area contributed by atoms with Crippen molar-refractivity contribution >= 4 is 17.9 Å². The number of alkyl carbamates (subject to hydrolysis) is 1. The number of imidazole rings is 1. The SMILES string of the molecule is COCc1nnc([C@@H](NC(=O)[C@H](CCCn2ccnc2[N+](=O)[O-])NC(=O)OC(C)(C)C)C(C)(C)C)o1. The highest BCUT2D eigenvalue weighted by Gasteiger charge is 2.35. The molecular formula is C22H35N7O7. The van der Waals surface area contributed by atoms with E-state index in [2.05, 4.69) is 25.8 Å². The summed E-state index contributed by atoms with van der Waals surface area (Å²) in [5.41, 5.74) is -1.28. The molecule has 0 radical (unpaired) electrons. The molecule has 0 fully saturated rings. The maximum atomic E-state index is 13.4. The molecule has 200 valence electrons. The summed E-state index contributed by atoms with van der Waals surface area (Å²) in [6.45, 7) is 11.2. The molecule has 2 aromatic heterocycles. The van der Waals surface area contributed by atoms with Crippen LogP contribution in [0.4, 0.5) is 10.7 Å². The summed E-state index contributed by atoms with van der Waals surface area (Å²) in [6.07, 6.45) is 2.57. The van der Waals surface area contributed by atoms with Crippen molar-refractivity contribution in [2.24, 2.45) is 5.41 Å². The quantitative estimate of drug-likeness (QED) is 0.338. The van der Waals surface area contributed by atoms with E-state index < -0.39 is 40.0 Å². The smallest absolute Gasteiger partial charge is 0.434 e. The summed E-state index contributed by atoms with van der Waals surface area (Å²) in [5, 5.41) is 24.6. The number of methoxy groups -OCH3 is 1. The van der Waals surface area contributed by atoms with Gasteiger partial charge in [0.25, 0.3) is 0 Å². The van der Waals surface area contributed by atoms with Gasteiger partial charge < -0.3 is 34.6 Å². The summed E-state index contributed by atoms with van der Waals surface area (Å²) in [7, 11) is 1.50. The molecule has 0 spiro atoms. The average molecular weight is 510 g/mol. The lowest BCUT2D eigenvalue weighted by atomic mass is 9.86. The molecule has 0 aliphatic heterocycles. The third kappa shape index (κ3) is 8.59. The van der Waals surface area contributed by atoms with E-state index in [1.54, 1.807) is 20.8 Å². The lowest BCUT2D eigenvalue weighted by molar-refractivity contribution is -0.396. The van der Waals surface area contributed by atoms with Crippen LogP contribution in [0.15, 0.2) is 16.8 Å². The molecule has 0 aliphatic carbocycles.